The Hall–Kier alpha value is -2.09. The summed E-state index contributed by atoms with van der Waals surface area (Å²) in [5.41, 5.74) is 0.900. The molecule has 1 atom stereocenters. The summed E-state index contributed by atoms with van der Waals surface area (Å²) in [4.78, 5) is 24.4. The van der Waals surface area contributed by atoms with Crippen LogP contribution in [0, 0.1) is 6.92 Å². The van der Waals surface area contributed by atoms with Crippen molar-refractivity contribution in [3.05, 3.63) is 35.4 Å². The summed E-state index contributed by atoms with van der Waals surface area (Å²) >= 11 is 0. The molecule has 1 aliphatic rings. The second-order valence-corrected chi connectivity index (χ2v) is 5.43. The molecular weight excluding hydrogens is 311 g/mol. The molecule has 1 saturated heterocycles. The van der Waals surface area contributed by atoms with Crippen molar-refractivity contribution in [3.8, 4) is 0 Å². The molecule has 1 heterocycles. The fourth-order valence-corrected chi connectivity index (χ4v) is 2.33. The third kappa shape index (κ3) is 4.69. The molecule has 0 bridgehead atoms. The van der Waals surface area contributed by atoms with Gasteiger partial charge in [-0.25, -0.2) is 0 Å². The predicted molar refractivity (Wildman–Crippen MR) is 77.6 cm³/mol. The molecule has 1 aliphatic heterocycles. The van der Waals surface area contributed by atoms with Crippen LogP contribution in [0.5, 0.6) is 0 Å². The van der Waals surface area contributed by atoms with Crippen LogP contribution in [-0.4, -0.2) is 49.1 Å². The van der Waals surface area contributed by atoms with Gasteiger partial charge < -0.3 is 10.2 Å². The second-order valence-electron chi connectivity index (χ2n) is 5.43. The molecular formula is C15H18F3N3O2. The van der Waals surface area contributed by atoms with Crippen molar-refractivity contribution in [2.24, 2.45) is 0 Å². The van der Waals surface area contributed by atoms with Gasteiger partial charge in [0.1, 0.15) is 6.04 Å². The van der Waals surface area contributed by atoms with Gasteiger partial charge in [0.15, 0.2) is 0 Å². The van der Waals surface area contributed by atoms with Crippen LogP contribution in [0.1, 0.15) is 17.2 Å². The highest BCUT2D eigenvalue weighted by Crippen LogP contribution is 2.32. The van der Waals surface area contributed by atoms with E-state index in [0.29, 0.717) is 13.1 Å². The molecule has 0 aliphatic carbocycles. The molecule has 1 aromatic rings. The first kappa shape index (κ1) is 17.3. The van der Waals surface area contributed by atoms with E-state index in [1.54, 1.807) is 19.1 Å². The molecule has 1 aromatic carbocycles. The zero-order valence-corrected chi connectivity index (χ0v) is 12.6. The van der Waals surface area contributed by atoms with Crippen molar-refractivity contribution in [3.63, 3.8) is 0 Å². The zero-order chi connectivity index (χ0) is 17.0. The molecule has 1 fully saturated rings. The number of aryl methyl sites for hydroxylation is 1. The highest BCUT2D eigenvalue weighted by molar-refractivity contribution is 5.86. The maximum absolute atomic E-state index is 13.2. The summed E-state index contributed by atoms with van der Waals surface area (Å²) in [6.07, 6.45) is -4.52. The van der Waals surface area contributed by atoms with E-state index in [1.165, 1.54) is 17.0 Å². The Labute approximate surface area is 131 Å². The van der Waals surface area contributed by atoms with E-state index < -0.39 is 24.7 Å². The van der Waals surface area contributed by atoms with Gasteiger partial charge in [-0.3, -0.25) is 14.9 Å². The third-order valence-electron chi connectivity index (χ3n) is 3.59. The third-order valence-corrected chi connectivity index (χ3v) is 3.59. The first-order chi connectivity index (χ1) is 10.8. The summed E-state index contributed by atoms with van der Waals surface area (Å²) < 4.78 is 39.6. The molecule has 5 nitrogen and oxygen atoms in total. The number of rotatable bonds is 4. The number of hydrogen-bond acceptors (Lipinski definition) is 3. The number of nitrogens with one attached hydrogen (secondary N) is 2. The van der Waals surface area contributed by atoms with Crippen molar-refractivity contribution >= 4 is 11.8 Å². The molecule has 0 spiro atoms. The van der Waals surface area contributed by atoms with Crippen molar-refractivity contribution in [2.75, 3.05) is 26.2 Å². The van der Waals surface area contributed by atoms with E-state index in [4.69, 9.17) is 0 Å². The van der Waals surface area contributed by atoms with E-state index in [-0.39, 0.29) is 18.0 Å². The predicted octanol–water partition coefficient (Wildman–Crippen LogP) is 1.15. The van der Waals surface area contributed by atoms with Gasteiger partial charge in [-0.15, -0.1) is 0 Å². The SMILES string of the molecule is Cc1ccc([C@@H](NCC(=O)N2CCNC(=O)C2)C(F)(F)F)cc1. The minimum absolute atomic E-state index is 0.0484. The molecule has 126 valence electrons. The van der Waals surface area contributed by atoms with Crippen LogP contribution < -0.4 is 10.6 Å². The first-order valence-corrected chi connectivity index (χ1v) is 7.18. The fourth-order valence-electron chi connectivity index (χ4n) is 2.33. The van der Waals surface area contributed by atoms with Crippen LogP contribution in [0.4, 0.5) is 13.2 Å². The van der Waals surface area contributed by atoms with Crippen LogP contribution in [0.2, 0.25) is 0 Å². The van der Waals surface area contributed by atoms with Gasteiger partial charge in [0.2, 0.25) is 11.8 Å². The quantitative estimate of drug-likeness (QED) is 0.871. The standard InChI is InChI=1S/C15H18F3N3O2/c1-10-2-4-11(5-3-10)14(15(16,17)18)20-8-13(23)21-7-6-19-12(22)9-21/h2-5,14,20H,6-9H2,1H3,(H,19,22)/t14-/m1/s1. The van der Waals surface area contributed by atoms with Gasteiger partial charge in [0.05, 0.1) is 13.1 Å². The van der Waals surface area contributed by atoms with E-state index in [0.717, 1.165) is 5.56 Å². The van der Waals surface area contributed by atoms with E-state index in [2.05, 4.69) is 10.6 Å². The number of piperazine rings is 1. The molecule has 2 rings (SSSR count). The van der Waals surface area contributed by atoms with E-state index >= 15 is 0 Å². The lowest BCUT2D eigenvalue weighted by atomic mass is 10.0. The second kappa shape index (κ2) is 6.99. The van der Waals surface area contributed by atoms with Gasteiger partial charge >= 0.3 is 6.18 Å². The summed E-state index contributed by atoms with van der Waals surface area (Å²) in [6.45, 7) is 1.79. The average Bonchev–Trinajstić information content (AvgIpc) is 2.47. The van der Waals surface area contributed by atoms with Crippen LogP contribution >= 0.6 is 0 Å². The fraction of sp³-hybridized carbons (Fsp3) is 0.467. The van der Waals surface area contributed by atoms with Gasteiger partial charge in [0.25, 0.3) is 0 Å². The maximum Gasteiger partial charge on any atom is 0.407 e. The van der Waals surface area contributed by atoms with Crippen LogP contribution in [-0.2, 0) is 9.59 Å². The number of nitrogens with zero attached hydrogens (tertiary/aromatic N) is 1. The minimum atomic E-state index is -4.52. The summed E-state index contributed by atoms with van der Waals surface area (Å²) in [7, 11) is 0. The van der Waals surface area contributed by atoms with Crippen LogP contribution in [0.3, 0.4) is 0 Å². The highest BCUT2D eigenvalue weighted by Gasteiger charge is 2.41. The average molecular weight is 329 g/mol. The molecule has 23 heavy (non-hydrogen) atoms. The summed E-state index contributed by atoms with van der Waals surface area (Å²) in [6, 6.07) is 4.03. The van der Waals surface area contributed by atoms with Crippen molar-refractivity contribution < 1.29 is 22.8 Å². The van der Waals surface area contributed by atoms with Crippen LogP contribution in [0.15, 0.2) is 24.3 Å². The number of halogens is 3. The Kier molecular flexibility index (Phi) is 5.25. The molecule has 0 radical (unpaired) electrons. The lowest BCUT2D eigenvalue weighted by Gasteiger charge is -2.28. The van der Waals surface area contributed by atoms with Gasteiger partial charge in [0, 0.05) is 13.1 Å². The monoisotopic (exact) mass is 329 g/mol. The topological polar surface area (TPSA) is 61.4 Å². The first-order valence-electron chi connectivity index (χ1n) is 7.18. The van der Waals surface area contributed by atoms with Crippen LogP contribution in [0.25, 0.3) is 0 Å². The van der Waals surface area contributed by atoms with Crippen molar-refractivity contribution in [1.29, 1.82) is 0 Å². The summed E-state index contributed by atoms with van der Waals surface area (Å²) in [5, 5.41) is 4.81. The molecule has 0 saturated carbocycles. The lowest BCUT2D eigenvalue weighted by Crippen LogP contribution is -2.52. The van der Waals surface area contributed by atoms with Crippen molar-refractivity contribution in [1.82, 2.24) is 15.5 Å². The van der Waals surface area contributed by atoms with E-state index in [1.807, 2.05) is 0 Å². The number of carbonyl (C=O) groups is 2. The lowest BCUT2D eigenvalue weighted by molar-refractivity contribution is -0.159. The van der Waals surface area contributed by atoms with Gasteiger partial charge in [-0.1, -0.05) is 29.8 Å². The molecule has 2 N–H and O–H groups in total. The van der Waals surface area contributed by atoms with Gasteiger partial charge in [-0.2, -0.15) is 13.2 Å². The van der Waals surface area contributed by atoms with Crippen molar-refractivity contribution in [2.45, 2.75) is 19.1 Å². The molecule has 0 unspecified atom stereocenters. The Morgan fingerprint density at radius 3 is 2.57 bits per heavy atom. The normalized spacial score (nSPS) is 16.9. The maximum atomic E-state index is 13.2. The Balaban J connectivity index is 2.02. The number of hydrogen-bond donors (Lipinski definition) is 2. The largest absolute Gasteiger partial charge is 0.407 e. The zero-order valence-electron chi connectivity index (χ0n) is 12.6. The number of amides is 2. The molecule has 2 amide bonds. The highest BCUT2D eigenvalue weighted by atomic mass is 19.4. The molecule has 8 heteroatoms. The number of carbonyl (C=O) groups excluding carboxylic acids is 2. The number of alkyl halides is 3. The smallest absolute Gasteiger partial charge is 0.353 e. The minimum Gasteiger partial charge on any atom is -0.353 e. The number of benzene rings is 1. The Morgan fingerprint density at radius 2 is 2.00 bits per heavy atom. The van der Waals surface area contributed by atoms with Gasteiger partial charge in [-0.05, 0) is 12.5 Å². The van der Waals surface area contributed by atoms with E-state index in [9.17, 15) is 22.8 Å². The Bertz CT molecular complexity index is 572. The summed E-state index contributed by atoms with van der Waals surface area (Å²) in [5.74, 6) is -0.836. The molecule has 0 aromatic heterocycles. The Morgan fingerprint density at radius 1 is 1.35 bits per heavy atom.